The minimum Gasteiger partial charge on any atom is -0.495 e. The van der Waals surface area contributed by atoms with Crippen molar-refractivity contribution in [3.63, 3.8) is 0 Å². The zero-order valence-corrected chi connectivity index (χ0v) is 13.3. The summed E-state index contributed by atoms with van der Waals surface area (Å²) < 4.78 is 5.12. The molecule has 0 aliphatic carbocycles. The molecule has 2 aromatic rings. The first-order chi connectivity index (χ1) is 10.1. The van der Waals surface area contributed by atoms with Crippen molar-refractivity contribution >= 4 is 34.0 Å². The first-order valence-corrected chi connectivity index (χ1v) is 7.63. The lowest BCUT2D eigenvalue weighted by atomic mass is 10.2. The van der Waals surface area contributed by atoms with Crippen LogP contribution in [0.15, 0.2) is 23.6 Å². The summed E-state index contributed by atoms with van der Waals surface area (Å²) in [5, 5.41) is 8.70. The smallest absolute Gasteiger partial charge is 0.227 e. The Morgan fingerprint density at radius 1 is 1.48 bits per heavy atom. The lowest BCUT2D eigenvalue weighted by molar-refractivity contribution is -0.116. The lowest BCUT2D eigenvalue weighted by Gasteiger charge is -2.04. The van der Waals surface area contributed by atoms with E-state index in [0.717, 1.165) is 11.3 Å². The van der Waals surface area contributed by atoms with Crippen molar-refractivity contribution in [3.05, 3.63) is 28.6 Å². The Kier molecular flexibility index (Phi) is 5.55. The highest BCUT2D eigenvalue weighted by molar-refractivity contribution is 7.14. The van der Waals surface area contributed by atoms with Crippen LogP contribution in [0.3, 0.4) is 0 Å². The van der Waals surface area contributed by atoms with Crippen molar-refractivity contribution in [1.29, 1.82) is 0 Å². The second-order valence-corrected chi connectivity index (χ2v) is 5.55. The van der Waals surface area contributed by atoms with Gasteiger partial charge in [0.15, 0.2) is 5.13 Å². The SMILES string of the molecule is CNCCC(=O)Nc1nc(-c2ccc(OC)c(Cl)c2)cs1. The average molecular weight is 326 g/mol. The summed E-state index contributed by atoms with van der Waals surface area (Å²) in [5.74, 6) is 0.564. The molecule has 0 aliphatic rings. The van der Waals surface area contributed by atoms with Crippen molar-refractivity contribution in [3.8, 4) is 17.0 Å². The number of nitrogens with one attached hydrogen (secondary N) is 2. The maximum absolute atomic E-state index is 11.6. The van der Waals surface area contributed by atoms with Gasteiger partial charge in [0.1, 0.15) is 5.75 Å². The van der Waals surface area contributed by atoms with Gasteiger partial charge in [0.2, 0.25) is 5.91 Å². The number of ether oxygens (including phenoxy) is 1. The van der Waals surface area contributed by atoms with Crippen LogP contribution in [-0.4, -0.2) is 31.6 Å². The second kappa shape index (κ2) is 7.40. The third kappa shape index (κ3) is 4.17. The van der Waals surface area contributed by atoms with Gasteiger partial charge in [0.25, 0.3) is 0 Å². The summed E-state index contributed by atoms with van der Waals surface area (Å²) in [6.45, 7) is 0.637. The number of methoxy groups -OCH3 is 1. The molecule has 0 saturated carbocycles. The van der Waals surface area contributed by atoms with Gasteiger partial charge in [0.05, 0.1) is 17.8 Å². The molecule has 0 aliphatic heterocycles. The fourth-order valence-electron chi connectivity index (χ4n) is 1.71. The number of anilines is 1. The van der Waals surface area contributed by atoms with E-state index in [1.807, 2.05) is 18.5 Å². The van der Waals surface area contributed by atoms with Crippen LogP contribution in [0.4, 0.5) is 5.13 Å². The monoisotopic (exact) mass is 325 g/mol. The fraction of sp³-hybridized carbons (Fsp3) is 0.286. The second-order valence-electron chi connectivity index (χ2n) is 4.29. The quantitative estimate of drug-likeness (QED) is 0.857. The Bertz CT molecular complexity index is 630. The lowest BCUT2D eigenvalue weighted by Crippen LogP contribution is -2.18. The normalized spacial score (nSPS) is 10.4. The average Bonchev–Trinajstić information content (AvgIpc) is 2.93. The number of nitrogens with zero attached hydrogens (tertiary/aromatic N) is 1. The molecule has 0 saturated heterocycles. The summed E-state index contributed by atoms with van der Waals surface area (Å²) in [5.41, 5.74) is 1.65. The highest BCUT2D eigenvalue weighted by Gasteiger charge is 2.09. The molecule has 0 spiro atoms. The maximum atomic E-state index is 11.6. The summed E-state index contributed by atoms with van der Waals surface area (Å²) in [4.78, 5) is 16.0. The molecule has 0 bridgehead atoms. The van der Waals surface area contributed by atoms with Gasteiger partial charge < -0.3 is 15.4 Å². The molecule has 1 heterocycles. The molecule has 0 atom stereocenters. The Hall–Kier alpha value is -1.63. The van der Waals surface area contributed by atoms with E-state index in [1.54, 1.807) is 19.2 Å². The summed E-state index contributed by atoms with van der Waals surface area (Å²) >= 11 is 7.49. The van der Waals surface area contributed by atoms with Gasteiger partial charge in [-0.05, 0) is 25.2 Å². The predicted molar refractivity (Wildman–Crippen MR) is 86.3 cm³/mol. The van der Waals surface area contributed by atoms with Gasteiger partial charge in [0, 0.05) is 23.9 Å². The number of hydrogen-bond acceptors (Lipinski definition) is 5. The van der Waals surface area contributed by atoms with E-state index in [1.165, 1.54) is 11.3 Å². The number of rotatable bonds is 6. The number of benzene rings is 1. The van der Waals surface area contributed by atoms with E-state index in [9.17, 15) is 4.79 Å². The van der Waals surface area contributed by atoms with E-state index in [2.05, 4.69) is 15.6 Å². The number of hydrogen-bond donors (Lipinski definition) is 2. The first-order valence-electron chi connectivity index (χ1n) is 6.38. The minimum absolute atomic E-state index is 0.0574. The number of thiazole rings is 1. The number of amides is 1. The largest absolute Gasteiger partial charge is 0.495 e. The van der Waals surface area contributed by atoms with Crippen LogP contribution in [0.2, 0.25) is 5.02 Å². The van der Waals surface area contributed by atoms with Crippen LogP contribution in [0, 0.1) is 0 Å². The van der Waals surface area contributed by atoms with E-state index < -0.39 is 0 Å². The number of carbonyl (C=O) groups is 1. The van der Waals surface area contributed by atoms with E-state index >= 15 is 0 Å². The third-order valence-corrected chi connectivity index (χ3v) is 3.85. The van der Waals surface area contributed by atoms with Crippen molar-refractivity contribution < 1.29 is 9.53 Å². The molecule has 112 valence electrons. The zero-order valence-electron chi connectivity index (χ0n) is 11.8. The van der Waals surface area contributed by atoms with E-state index in [-0.39, 0.29) is 5.91 Å². The predicted octanol–water partition coefficient (Wildman–Crippen LogP) is 3.02. The van der Waals surface area contributed by atoms with Gasteiger partial charge in [-0.15, -0.1) is 11.3 Å². The number of halogens is 1. The highest BCUT2D eigenvalue weighted by Crippen LogP contribution is 2.31. The highest BCUT2D eigenvalue weighted by atomic mass is 35.5. The molecule has 1 aromatic carbocycles. The number of carbonyl (C=O) groups excluding carboxylic acids is 1. The Morgan fingerprint density at radius 3 is 2.95 bits per heavy atom. The molecule has 1 amide bonds. The molecule has 7 heteroatoms. The van der Waals surface area contributed by atoms with E-state index in [4.69, 9.17) is 16.3 Å². The topological polar surface area (TPSA) is 63.2 Å². The van der Waals surface area contributed by atoms with Crippen molar-refractivity contribution in [1.82, 2.24) is 10.3 Å². The van der Waals surface area contributed by atoms with Gasteiger partial charge >= 0.3 is 0 Å². The van der Waals surface area contributed by atoms with Gasteiger partial charge in [-0.3, -0.25) is 4.79 Å². The Morgan fingerprint density at radius 2 is 2.29 bits per heavy atom. The molecule has 21 heavy (non-hydrogen) atoms. The number of aromatic nitrogens is 1. The van der Waals surface area contributed by atoms with Crippen molar-refractivity contribution in [2.75, 3.05) is 26.0 Å². The molecule has 2 rings (SSSR count). The van der Waals surface area contributed by atoms with Crippen LogP contribution >= 0.6 is 22.9 Å². The summed E-state index contributed by atoms with van der Waals surface area (Å²) in [6, 6.07) is 5.47. The van der Waals surface area contributed by atoms with Gasteiger partial charge in [-0.2, -0.15) is 0 Å². The Balaban J connectivity index is 2.09. The third-order valence-electron chi connectivity index (χ3n) is 2.80. The zero-order chi connectivity index (χ0) is 15.2. The molecule has 0 fully saturated rings. The first kappa shape index (κ1) is 15.8. The molecular formula is C14H16ClN3O2S. The summed E-state index contributed by atoms with van der Waals surface area (Å²) in [7, 11) is 3.38. The van der Waals surface area contributed by atoms with Crippen molar-refractivity contribution in [2.24, 2.45) is 0 Å². The maximum Gasteiger partial charge on any atom is 0.227 e. The molecule has 5 nitrogen and oxygen atoms in total. The molecule has 1 aromatic heterocycles. The van der Waals surface area contributed by atoms with Crippen LogP contribution in [0.5, 0.6) is 5.75 Å². The molecule has 2 N–H and O–H groups in total. The Labute approximate surface area is 132 Å². The van der Waals surface area contributed by atoms with Gasteiger partial charge in [-0.1, -0.05) is 11.6 Å². The molecular weight excluding hydrogens is 310 g/mol. The van der Waals surface area contributed by atoms with Gasteiger partial charge in [-0.25, -0.2) is 4.98 Å². The van der Waals surface area contributed by atoms with Crippen LogP contribution in [0.25, 0.3) is 11.3 Å². The van der Waals surface area contributed by atoms with Crippen LogP contribution in [-0.2, 0) is 4.79 Å². The standard InChI is InChI=1S/C14H16ClN3O2S/c1-16-6-5-13(19)18-14-17-11(8-21-14)9-3-4-12(20-2)10(15)7-9/h3-4,7-8,16H,5-6H2,1-2H3,(H,17,18,19). The van der Waals surface area contributed by atoms with Crippen LogP contribution in [0.1, 0.15) is 6.42 Å². The van der Waals surface area contributed by atoms with Crippen molar-refractivity contribution in [2.45, 2.75) is 6.42 Å². The van der Waals surface area contributed by atoms with Crippen LogP contribution < -0.4 is 15.4 Å². The fourth-order valence-corrected chi connectivity index (χ4v) is 2.70. The molecule has 0 unspecified atom stereocenters. The molecule has 0 radical (unpaired) electrons. The minimum atomic E-state index is -0.0574. The summed E-state index contributed by atoms with van der Waals surface area (Å²) in [6.07, 6.45) is 0.416. The van der Waals surface area contributed by atoms with E-state index in [0.29, 0.717) is 28.9 Å².